The molecule has 218 valence electrons. The predicted octanol–water partition coefficient (Wildman–Crippen LogP) is 9.96. The van der Waals surface area contributed by atoms with E-state index >= 15 is 0 Å². The molecule has 0 aliphatic rings. The number of benzene rings is 4. The number of pyridine rings is 1. The summed E-state index contributed by atoms with van der Waals surface area (Å²) in [7, 11) is 0. The van der Waals surface area contributed by atoms with Gasteiger partial charge in [0.1, 0.15) is 17.3 Å². The third-order valence-corrected chi connectivity index (χ3v) is 8.29. The highest BCUT2D eigenvalue weighted by atomic mass is 16.5. The summed E-state index contributed by atoms with van der Waals surface area (Å²) in [5.41, 5.74) is 10.4. The van der Waals surface area contributed by atoms with E-state index in [1.165, 1.54) is 38.7 Å². The Hall–Kier alpha value is -5.16. The molecule has 0 aliphatic carbocycles. The number of hydrogen-bond acceptors (Lipinski definition) is 3. The molecule has 7 rings (SSSR count). The maximum atomic E-state index is 6.55. The molecule has 0 amide bonds. The van der Waals surface area contributed by atoms with E-state index in [-0.39, 0.29) is 0 Å². The van der Waals surface area contributed by atoms with E-state index in [1.807, 2.05) is 24.4 Å². The first-order valence-corrected chi connectivity index (χ1v) is 15.5. The lowest BCUT2D eigenvalue weighted by Crippen LogP contribution is -2.03. The Balaban J connectivity index is 1.30. The van der Waals surface area contributed by atoms with Gasteiger partial charge in [-0.1, -0.05) is 74.4 Å². The van der Waals surface area contributed by atoms with Crippen LogP contribution >= 0.6 is 0 Å². The molecule has 44 heavy (non-hydrogen) atoms. The molecule has 0 bridgehead atoms. The van der Waals surface area contributed by atoms with Crippen LogP contribution in [0.5, 0.6) is 11.5 Å². The van der Waals surface area contributed by atoms with Gasteiger partial charge in [-0.15, -0.1) is 0 Å². The Morgan fingerprint density at radius 1 is 0.705 bits per heavy atom. The van der Waals surface area contributed by atoms with E-state index in [9.17, 15) is 0 Å². The van der Waals surface area contributed by atoms with E-state index in [0.29, 0.717) is 0 Å². The molecule has 0 saturated heterocycles. The molecule has 0 fully saturated rings. The molecule has 0 saturated carbocycles. The summed E-state index contributed by atoms with van der Waals surface area (Å²) in [5.74, 6) is 2.44. The van der Waals surface area contributed by atoms with Crippen LogP contribution in [0, 0.1) is 13.8 Å². The lowest BCUT2D eigenvalue weighted by molar-refractivity contribution is 0.482. The van der Waals surface area contributed by atoms with Crippen molar-refractivity contribution in [3.8, 4) is 34.1 Å². The van der Waals surface area contributed by atoms with Crippen molar-refractivity contribution >= 4 is 21.8 Å². The zero-order chi connectivity index (χ0) is 30.2. The Morgan fingerprint density at radius 2 is 1.50 bits per heavy atom. The Morgan fingerprint density at radius 3 is 2.30 bits per heavy atom. The van der Waals surface area contributed by atoms with Crippen molar-refractivity contribution in [3.05, 3.63) is 132 Å². The van der Waals surface area contributed by atoms with Crippen LogP contribution in [0.25, 0.3) is 44.4 Å². The average molecular weight is 577 g/mol. The van der Waals surface area contributed by atoms with E-state index in [1.54, 1.807) is 0 Å². The summed E-state index contributed by atoms with van der Waals surface area (Å²) in [4.78, 5) is 4.72. The fraction of sp³-hybridized carbons (Fsp3) is 0.179. The second kappa shape index (κ2) is 11.5. The first-order valence-electron chi connectivity index (χ1n) is 15.5. The highest BCUT2D eigenvalue weighted by molar-refractivity contribution is 6.09. The lowest BCUT2D eigenvalue weighted by Gasteiger charge is -2.12. The van der Waals surface area contributed by atoms with Crippen LogP contribution in [-0.2, 0) is 12.8 Å². The largest absolute Gasteiger partial charge is 0.457 e. The van der Waals surface area contributed by atoms with Crippen molar-refractivity contribution in [3.63, 3.8) is 0 Å². The molecule has 4 aromatic carbocycles. The van der Waals surface area contributed by atoms with Crippen LogP contribution in [0.1, 0.15) is 42.8 Å². The molecule has 5 nitrogen and oxygen atoms in total. The van der Waals surface area contributed by atoms with Gasteiger partial charge in [-0.2, -0.15) is 5.10 Å². The fourth-order valence-electron chi connectivity index (χ4n) is 6.20. The van der Waals surface area contributed by atoms with Crippen molar-refractivity contribution < 1.29 is 4.74 Å². The van der Waals surface area contributed by atoms with Crippen LogP contribution in [0.4, 0.5) is 0 Å². The normalized spacial score (nSPS) is 11.5. The number of ether oxygens (including phenoxy) is 1. The number of aromatic nitrogens is 4. The zero-order valence-corrected chi connectivity index (χ0v) is 25.7. The highest BCUT2D eigenvalue weighted by Gasteiger charge is 2.20. The van der Waals surface area contributed by atoms with E-state index in [4.69, 9.17) is 14.8 Å². The van der Waals surface area contributed by atoms with E-state index in [2.05, 4.69) is 122 Å². The summed E-state index contributed by atoms with van der Waals surface area (Å²) in [5, 5.41) is 7.49. The van der Waals surface area contributed by atoms with Crippen LogP contribution in [0.2, 0.25) is 0 Å². The smallest absolute Gasteiger partial charge is 0.137 e. The lowest BCUT2D eigenvalue weighted by atomic mass is 9.98. The van der Waals surface area contributed by atoms with Gasteiger partial charge in [0.15, 0.2) is 0 Å². The molecule has 0 radical (unpaired) electrons. The summed E-state index contributed by atoms with van der Waals surface area (Å²) in [6.45, 7) is 8.63. The van der Waals surface area contributed by atoms with Crippen LogP contribution in [0.15, 0.2) is 109 Å². The summed E-state index contributed by atoms with van der Waals surface area (Å²) >= 11 is 0. The van der Waals surface area contributed by atoms with Gasteiger partial charge in [-0.3, -0.25) is 4.57 Å². The van der Waals surface area contributed by atoms with Crippen LogP contribution < -0.4 is 4.74 Å². The van der Waals surface area contributed by atoms with Gasteiger partial charge in [-0.25, -0.2) is 9.67 Å². The first kappa shape index (κ1) is 27.7. The van der Waals surface area contributed by atoms with E-state index in [0.717, 1.165) is 59.0 Å². The molecule has 5 heteroatoms. The summed E-state index contributed by atoms with van der Waals surface area (Å²) in [6.07, 6.45) is 4.71. The molecule has 3 aromatic heterocycles. The third kappa shape index (κ3) is 4.94. The maximum absolute atomic E-state index is 6.55. The summed E-state index contributed by atoms with van der Waals surface area (Å²) in [6, 6.07) is 36.0. The Labute approximate surface area is 258 Å². The van der Waals surface area contributed by atoms with Gasteiger partial charge in [0, 0.05) is 34.7 Å². The molecular weight excluding hydrogens is 540 g/mol. The standard InChI is InChI=1S/C39H36N4O/c1-5-10-36-39(28-17-15-26(3)16-18-28)34(6-2)41-43(36)29-11-9-12-30(24-29)44-31-19-20-33-32-13-7-8-14-35(32)42(37(33)25-31)38-23-27(4)21-22-40-38/h7-9,11-25H,5-6,10H2,1-4H3. The van der Waals surface area contributed by atoms with Gasteiger partial charge in [-0.05, 0) is 80.3 Å². The third-order valence-electron chi connectivity index (χ3n) is 8.29. The number of nitrogens with zero attached hydrogens (tertiary/aromatic N) is 4. The van der Waals surface area contributed by atoms with Crippen molar-refractivity contribution in [2.45, 2.75) is 47.0 Å². The Bertz CT molecular complexity index is 2120. The van der Waals surface area contributed by atoms with E-state index < -0.39 is 0 Å². The van der Waals surface area contributed by atoms with Crippen molar-refractivity contribution in [1.82, 2.24) is 19.3 Å². The minimum absolute atomic E-state index is 0.770. The number of rotatable bonds is 8. The molecule has 0 aliphatic heterocycles. The van der Waals surface area contributed by atoms with Gasteiger partial charge >= 0.3 is 0 Å². The van der Waals surface area contributed by atoms with Crippen LogP contribution in [0.3, 0.4) is 0 Å². The molecule has 0 unspecified atom stereocenters. The number of hydrogen-bond donors (Lipinski definition) is 0. The van der Waals surface area contributed by atoms with Crippen molar-refractivity contribution in [1.29, 1.82) is 0 Å². The fourth-order valence-corrected chi connectivity index (χ4v) is 6.20. The number of aryl methyl sites for hydroxylation is 3. The maximum Gasteiger partial charge on any atom is 0.137 e. The number of para-hydroxylation sites is 1. The second-order valence-electron chi connectivity index (χ2n) is 11.5. The van der Waals surface area contributed by atoms with Gasteiger partial charge < -0.3 is 4.74 Å². The number of fused-ring (bicyclic) bond motifs is 3. The Kier molecular flexibility index (Phi) is 7.23. The quantitative estimate of drug-likeness (QED) is 0.181. The molecule has 0 spiro atoms. The SMILES string of the molecule is CCCc1c(-c2ccc(C)cc2)c(CC)nn1-c1cccc(Oc2ccc3c4ccccc4n(-c4cc(C)ccn4)c3c2)c1. The molecular formula is C39H36N4O. The topological polar surface area (TPSA) is 44.9 Å². The first-order chi connectivity index (χ1) is 21.5. The van der Waals surface area contributed by atoms with Crippen LogP contribution in [-0.4, -0.2) is 19.3 Å². The van der Waals surface area contributed by atoms with Gasteiger partial charge in [0.25, 0.3) is 0 Å². The van der Waals surface area contributed by atoms with Gasteiger partial charge in [0.05, 0.1) is 28.1 Å². The minimum Gasteiger partial charge on any atom is -0.457 e. The molecule has 7 aromatic rings. The predicted molar refractivity (Wildman–Crippen MR) is 180 cm³/mol. The average Bonchev–Trinajstić information content (AvgIpc) is 3.57. The second-order valence-corrected chi connectivity index (χ2v) is 11.5. The van der Waals surface area contributed by atoms with Crippen molar-refractivity contribution in [2.75, 3.05) is 0 Å². The molecule has 3 heterocycles. The highest BCUT2D eigenvalue weighted by Crippen LogP contribution is 2.36. The van der Waals surface area contributed by atoms with Gasteiger partial charge in [0.2, 0.25) is 0 Å². The monoisotopic (exact) mass is 576 g/mol. The molecule has 0 atom stereocenters. The van der Waals surface area contributed by atoms with Crippen molar-refractivity contribution in [2.24, 2.45) is 0 Å². The summed E-state index contributed by atoms with van der Waals surface area (Å²) < 4.78 is 10.9. The molecule has 0 N–H and O–H groups in total. The zero-order valence-electron chi connectivity index (χ0n) is 25.7. The minimum atomic E-state index is 0.770.